The van der Waals surface area contributed by atoms with E-state index >= 15 is 0 Å². The first kappa shape index (κ1) is 40.1. The van der Waals surface area contributed by atoms with E-state index in [0.717, 1.165) is 99.9 Å². The maximum atomic E-state index is 6.89. The van der Waals surface area contributed by atoms with Gasteiger partial charge < -0.3 is 27.4 Å². The number of hydrogen-bond acceptors (Lipinski definition) is 4. The number of nitrogens with zero attached hydrogens (tertiary/aromatic N) is 2. The molecular weight excluding hydrogens is 813 g/mol. The fraction of sp³-hybridized carbons (Fsp3) is 0.200. The Morgan fingerprint density at radius 3 is 1.21 bits per heavy atom. The first-order valence-electron chi connectivity index (χ1n) is 23.2. The molecular formula is C60H52N2O4. The monoisotopic (exact) mass is 864 g/mol. The normalized spacial score (nSPS) is 12.7. The molecule has 0 aliphatic heterocycles. The molecule has 0 saturated heterocycles. The van der Waals surface area contributed by atoms with E-state index in [1.54, 1.807) is 0 Å². The Balaban J connectivity index is 1.07. The number of hydrogen-bond donors (Lipinski definition) is 0. The van der Waals surface area contributed by atoms with Crippen LogP contribution in [0.2, 0.25) is 0 Å². The molecule has 0 aliphatic rings. The van der Waals surface area contributed by atoms with Gasteiger partial charge in [-0.2, -0.15) is 0 Å². The molecule has 0 spiro atoms. The number of furan rings is 2. The van der Waals surface area contributed by atoms with Gasteiger partial charge in [0.25, 0.3) is 0 Å². The van der Waals surface area contributed by atoms with Crippen molar-refractivity contribution in [1.29, 1.82) is 0 Å². The lowest BCUT2D eigenvalue weighted by molar-refractivity contribution is 0.340. The number of aromatic nitrogens is 2. The number of ether oxygens (including phenoxy) is 2. The first-order chi connectivity index (χ1) is 31.9. The minimum absolute atomic E-state index is 0.0343. The lowest BCUT2D eigenvalue weighted by Gasteiger charge is -2.19. The van der Waals surface area contributed by atoms with Crippen LogP contribution in [0.25, 0.3) is 110 Å². The Kier molecular flexibility index (Phi) is 8.83. The van der Waals surface area contributed by atoms with Crippen molar-refractivity contribution in [2.45, 2.75) is 66.2 Å². The molecule has 8 aromatic carbocycles. The van der Waals surface area contributed by atoms with Gasteiger partial charge >= 0.3 is 0 Å². The smallest absolute Gasteiger partial charge is 0.139 e. The molecule has 6 heteroatoms. The average Bonchev–Trinajstić information content (AvgIpc) is 4.04. The molecule has 0 bridgehead atoms. The molecule has 0 aliphatic carbocycles. The molecule has 0 unspecified atom stereocenters. The van der Waals surface area contributed by atoms with Gasteiger partial charge in [-0.1, -0.05) is 90.1 Å². The van der Waals surface area contributed by atoms with E-state index in [0.29, 0.717) is 13.2 Å². The van der Waals surface area contributed by atoms with Gasteiger partial charge in [0.1, 0.15) is 33.8 Å². The molecule has 66 heavy (non-hydrogen) atoms. The molecule has 0 atom stereocenters. The van der Waals surface area contributed by atoms with Gasteiger partial charge in [-0.3, -0.25) is 0 Å². The number of benzene rings is 8. The summed E-state index contributed by atoms with van der Waals surface area (Å²) in [5.41, 5.74) is 14.5. The van der Waals surface area contributed by atoms with Gasteiger partial charge in [-0.05, 0) is 120 Å². The molecule has 0 amide bonds. The predicted molar refractivity (Wildman–Crippen MR) is 275 cm³/mol. The van der Waals surface area contributed by atoms with E-state index in [2.05, 4.69) is 184 Å². The van der Waals surface area contributed by atoms with Crippen molar-refractivity contribution < 1.29 is 18.3 Å². The average molecular weight is 865 g/mol. The third kappa shape index (κ3) is 6.15. The summed E-state index contributed by atoms with van der Waals surface area (Å²) < 4.78 is 31.1. The van der Waals surface area contributed by atoms with Crippen LogP contribution in [-0.2, 0) is 10.8 Å². The third-order valence-corrected chi connectivity index (χ3v) is 13.6. The fourth-order valence-electron chi connectivity index (χ4n) is 10.4. The van der Waals surface area contributed by atoms with Crippen LogP contribution in [0.1, 0.15) is 66.5 Å². The SMILES string of the molecule is CCOc1cc(-c2cc(OCC)cc3oc4cc(-n5c6ccccc6c6cc(C(C)(C)C)ccc65)ccc4c23)c2c(c1)oc1cc(-n3c4ccccc4c4cc(C(C)(C)C)ccc43)ccc12. The minimum Gasteiger partial charge on any atom is -0.494 e. The molecule has 0 fully saturated rings. The quantitative estimate of drug-likeness (QED) is 0.160. The third-order valence-electron chi connectivity index (χ3n) is 13.6. The highest BCUT2D eigenvalue weighted by molar-refractivity contribution is 6.21. The summed E-state index contributed by atoms with van der Waals surface area (Å²) in [5.74, 6) is 1.48. The molecule has 0 N–H and O–H groups in total. The van der Waals surface area contributed by atoms with Crippen LogP contribution in [0.15, 0.2) is 154 Å². The second kappa shape index (κ2) is 14.5. The maximum absolute atomic E-state index is 6.89. The number of fused-ring (bicyclic) bond motifs is 12. The Bertz CT molecular complexity index is 3680. The first-order valence-corrected chi connectivity index (χ1v) is 23.2. The topological polar surface area (TPSA) is 54.6 Å². The molecule has 4 heterocycles. The Morgan fingerprint density at radius 1 is 0.394 bits per heavy atom. The fourth-order valence-corrected chi connectivity index (χ4v) is 10.4. The summed E-state index contributed by atoms with van der Waals surface area (Å²) >= 11 is 0. The summed E-state index contributed by atoms with van der Waals surface area (Å²) in [6, 6.07) is 52.7. The minimum atomic E-state index is 0.0343. The van der Waals surface area contributed by atoms with E-state index in [9.17, 15) is 0 Å². The van der Waals surface area contributed by atoms with Crippen molar-refractivity contribution in [1.82, 2.24) is 9.13 Å². The van der Waals surface area contributed by atoms with Gasteiger partial charge in [0.05, 0.1) is 35.3 Å². The predicted octanol–water partition coefficient (Wildman–Crippen LogP) is 16.7. The Labute approximate surface area is 383 Å². The van der Waals surface area contributed by atoms with Crippen molar-refractivity contribution >= 4 is 87.5 Å². The zero-order valence-corrected chi connectivity index (χ0v) is 38.8. The molecule has 0 radical (unpaired) electrons. The van der Waals surface area contributed by atoms with Crippen LogP contribution >= 0.6 is 0 Å². The Morgan fingerprint density at radius 2 is 0.803 bits per heavy atom. The maximum Gasteiger partial charge on any atom is 0.139 e. The van der Waals surface area contributed by atoms with Gasteiger partial charge in [0.15, 0.2) is 0 Å². The van der Waals surface area contributed by atoms with Gasteiger partial charge in [-0.15, -0.1) is 0 Å². The van der Waals surface area contributed by atoms with Crippen LogP contribution in [-0.4, -0.2) is 22.3 Å². The number of rotatable bonds is 7. The summed E-state index contributed by atoms with van der Waals surface area (Å²) in [6.07, 6.45) is 0. The lowest BCUT2D eigenvalue weighted by atomic mass is 9.86. The number of para-hydroxylation sites is 2. The summed E-state index contributed by atoms with van der Waals surface area (Å²) in [7, 11) is 0. The van der Waals surface area contributed by atoms with Crippen molar-refractivity contribution in [2.24, 2.45) is 0 Å². The lowest BCUT2D eigenvalue weighted by Crippen LogP contribution is -2.10. The van der Waals surface area contributed by atoms with Gasteiger partial charge in [-0.25, -0.2) is 0 Å². The molecule has 4 aromatic heterocycles. The molecule has 6 nitrogen and oxygen atoms in total. The van der Waals surface area contributed by atoms with Crippen LogP contribution in [0.3, 0.4) is 0 Å². The largest absolute Gasteiger partial charge is 0.494 e. The van der Waals surface area contributed by atoms with Crippen molar-refractivity contribution in [3.05, 3.63) is 157 Å². The van der Waals surface area contributed by atoms with Crippen molar-refractivity contribution in [3.8, 4) is 34.0 Å². The summed E-state index contributed by atoms with van der Waals surface area (Å²) in [4.78, 5) is 0. The summed E-state index contributed by atoms with van der Waals surface area (Å²) in [5, 5.41) is 9.02. The highest BCUT2D eigenvalue weighted by Gasteiger charge is 2.24. The highest BCUT2D eigenvalue weighted by Crippen LogP contribution is 2.47. The van der Waals surface area contributed by atoms with Crippen LogP contribution in [0.4, 0.5) is 0 Å². The molecule has 0 saturated carbocycles. The Hall–Kier alpha value is -7.44. The summed E-state index contributed by atoms with van der Waals surface area (Å²) in [6.45, 7) is 18.7. The molecule has 12 rings (SSSR count). The van der Waals surface area contributed by atoms with E-state index < -0.39 is 0 Å². The van der Waals surface area contributed by atoms with Crippen LogP contribution in [0, 0.1) is 0 Å². The van der Waals surface area contributed by atoms with Gasteiger partial charge in [0, 0.05) is 78.7 Å². The second-order valence-electron chi connectivity index (χ2n) is 19.8. The van der Waals surface area contributed by atoms with E-state index in [4.69, 9.17) is 18.3 Å². The standard InChI is InChI=1S/C60H52N2O4/c1-9-63-39-31-47(57-43-23-21-37(29-53(43)65-55(57)33-39)61-49-17-13-11-15-41(49)45-27-35(59(3,4)5)19-25-51(45)61)48-32-40(64-10-2)34-56-58(48)44-24-22-38(30-54(44)66-56)62-50-18-14-12-16-42(50)46-28-36(60(6,7)8)20-26-52(46)62/h11-34H,9-10H2,1-8H3. The highest BCUT2D eigenvalue weighted by atomic mass is 16.5. The van der Waals surface area contributed by atoms with Gasteiger partial charge in [0.2, 0.25) is 0 Å². The molecule has 326 valence electrons. The zero-order valence-electron chi connectivity index (χ0n) is 38.8. The molecule has 12 aromatic rings. The van der Waals surface area contributed by atoms with E-state index in [-0.39, 0.29) is 10.8 Å². The zero-order chi connectivity index (χ0) is 45.2. The van der Waals surface area contributed by atoms with Crippen LogP contribution in [0.5, 0.6) is 11.5 Å². The van der Waals surface area contributed by atoms with Crippen LogP contribution < -0.4 is 9.47 Å². The van der Waals surface area contributed by atoms with E-state index in [1.165, 1.54) is 32.7 Å². The van der Waals surface area contributed by atoms with Crippen molar-refractivity contribution in [2.75, 3.05) is 13.2 Å². The second-order valence-corrected chi connectivity index (χ2v) is 19.8. The van der Waals surface area contributed by atoms with E-state index in [1.807, 2.05) is 26.0 Å². The van der Waals surface area contributed by atoms with Crippen molar-refractivity contribution in [3.63, 3.8) is 0 Å².